The Hall–Kier alpha value is -1.10. The van der Waals surface area contributed by atoms with Crippen LogP contribution < -0.4 is 16.0 Å². The Morgan fingerprint density at radius 3 is 2.37 bits per heavy atom. The van der Waals surface area contributed by atoms with E-state index in [1.165, 1.54) is 19.3 Å². The molecule has 0 saturated heterocycles. The standard InChI is InChI=1S/C22H43N3O2/c1-4-6-14-19(11-5-2)25-22(27)20(15-10-16-23-3)21(24-17-26)18-12-8-7-9-13-18/h17-21,23H,4-16H2,1-3H3,(H,24,26)(H,25,27). The molecule has 0 heterocycles. The average Bonchev–Trinajstić information content (AvgIpc) is 2.69. The van der Waals surface area contributed by atoms with Crippen molar-refractivity contribution in [2.75, 3.05) is 13.6 Å². The molecule has 1 rings (SSSR count). The van der Waals surface area contributed by atoms with Crippen molar-refractivity contribution in [1.29, 1.82) is 0 Å². The van der Waals surface area contributed by atoms with Gasteiger partial charge in [0.2, 0.25) is 12.3 Å². The van der Waals surface area contributed by atoms with Gasteiger partial charge < -0.3 is 16.0 Å². The molecule has 3 atom stereocenters. The number of amides is 2. The van der Waals surface area contributed by atoms with E-state index >= 15 is 0 Å². The molecule has 3 N–H and O–H groups in total. The van der Waals surface area contributed by atoms with E-state index in [1.807, 2.05) is 7.05 Å². The third-order valence-electron chi connectivity index (χ3n) is 6.02. The van der Waals surface area contributed by atoms with Gasteiger partial charge in [-0.2, -0.15) is 0 Å². The lowest BCUT2D eigenvalue weighted by Crippen LogP contribution is -2.50. The van der Waals surface area contributed by atoms with Gasteiger partial charge in [0.25, 0.3) is 0 Å². The molecule has 0 aromatic heterocycles. The zero-order chi connectivity index (χ0) is 19.9. The van der Waals surface area contributed by atoms with E-state index in [1.54, 1.807) is 0 Å². The molecular weight excluding hydrogens is 338 g/mol. The summed E-state index contributed by atoms with van der Waals surface area (Å²) in [4.78, 5) is 24.6. The molecule has 0 spiro atoms. The third kappa shape index (κ3) is 9.09. The second-order valence-corrected chi connectivity index (χ2v) is 8.20. The van der Waals surface area contributed by atoms with E-state index in [-0.39, 0.29) is 23.9 Å². The van der Waals surface area contributed by atoms with Crippen LogP contribution >= 0.6 is 0 Å². The van der Waals surface area contributed by atoms with Crippen LogP contribution in [0.1, 0.15) is 90.9 Å². The molecule has 3 unspecified atom stereocenters. The molecule has 0 aromatic carbocycles. The van der Waals surface area contributed by atoms with Gasteiger partial charge in [0.05, 0.1) is 5.92 Å². The van der Waals surface area contributed by atoms with Gasteiger partial charge in [-0.3, -0.25) is 9.59 Å². The van der Waals surface area contributed by atoms with Crippen LogP contribution in [0.2, 0.25) is 0 Å². The number of hydrogen-bond donors (Lipinski definition) is 3. The summed E-state index contributed by atoms with van der Waals surface area (Å²) in [7, 11) is 1.94. The van der Waals surface area contributed by atoms with E-state index < -0.39 is 0 Å². The molecule has 1 aliphatic carbocycles. The molecule has 0 bridgehead atoms. The monoisotopic (exact) mass is 381 g/mol. The minimum Gasteiger partial charge on any atom is -0.355 e. The molecule has 5 nitrogen and oxygen atoms in total. The second kappa shape index (κ2) is 14.9. The van der Waals surface area contributed by atoms with E-state index in [2.05, 4.69) is 29.8 Å². The molecular formula is C22H43N3O2. The van der Waals surface area contributed by atoms with Crippen molar-refractivity contribution in [3.05, 3.63) is 0 Å². The number of carbonyl (C=O) groups excluding carboxylic acids is 2. The van der Waals surface area contributed by atoms with Crippen molar-refractivity contribution in [1.82, 2.24) is 16.0 Å². The van der Waals surface area contributed by atoms with Crippen molar-refractivity contribution >= 4 is 12.3 Å². The molecule has 2 amide bonds. The number of nitrogens with one attached hydrogen (secondary N) is 3. The molecule has 1 aliphatic rings. The number of carbonyl (C=O) groups is 2. The van der Waals surface area contributed by atoms with Crippen LogP contribution in [0, 0.1) is 11.8 Å². The zero-order valence-corrected chi connectivity index (χ0v) is 17.9. The Morgan fingerprint density at radius 1 is 1.04 bits per heavy atom. The lowest BCUT2D eigenvalue weighted by atomic mass is 9.77. The van der Waals surface area contributed by atoms with Gasteiger partial charge >= 0.3 is 0 Å². The van der Waals surface area contributed by atoms with Crippen LogP contribution in [0.3, 0.4) is 0 Å². The SMILES string of the molecule is CCCCC(CCC)NC(=O)C(CCCNC)C(NC=O)C1CCCCC1. The predicted octanol–water partition coefficient (Wildman–Crippen LogP) is 3.77. The Balaban J connectivity index is 2.86. The summed E-state index contributed by atoms with van der Waals surface area (Å²) in [6.07, 6.45) is 14.0. The van der Waals surface area contributed by atoms with E-state index in [0.29, 0.717) is 5.92 Å². The van der Waals surface area contributed by atoms with Crippen LogP contribution in [-0.2, 0) is 9.59 Å². The Bertz CT molecular complexity index is 397. The van der Waals surface area contributed by atoms with Gasteiger partial charge in [-0.25, -0.2) is 0 Å². The van der Waals surface area contributed by atoms with E-state index in [9.17, 15) is 9.59 Å². The lowest BCUT2D eigenvalue weighted by Gasteiger charge is -2.35. The Kier molecular flexibility index (Phi) is 13.2. The molecule has 0 aromatic rings. The van der Waals surface area contributed by atoms with Crippen molar-refractivity contribution in [3.63, 3.8) is 0 Å². The zero-order valence-electron chi connectivity index (χ0n) is 17.9. The smallest absolute Gasteiger partial charge is 0.225 e. The molecule has 0 radical (unpaired) electrons. The van der Waals surface area contributed by atoms with Crippen LogP contribution in [0.15, 0.2) is 0 Å². The molecule has 5 heteroatoms. The van der Waals surface area contributed by atoms with Gasteiger partial charge in [0.1, 0.15) is 0 Å². The summed E-state index contributed by atoms with van der Waals surface area (Å²) in [6, 6.07) is 0.227. The van der Waals surface area contributed by atoms with Gasteiger partial charge in [0.15, 0.2) is 0 Å². The number of hydrogen-bond acceptors (Lipinski definition) is 3. The third-order valence-corrected chi connectivity index (χ3v) is 6.02. The summed E-state index contributed by atoms with van der Waals surface area (Å²) in [5.74, 6) is 0.438. The fraction of sp³-hybridized carbons (Fsp3) is 0.909. The average molecular weight is 382 g/mol. The fourth-order valence-electron chi connectivity index (χ4n) is 4.52. The molecule has 158 valence electrons. The second-order valence-electron chi connectivity index (χ2n) is 8.20. The summed E-state index contributed by atoms with van der Waals surface area (Å²) in [6.45, 7) is 5.27. The highest BCUT2D eigenvalue weighted by Crippen LogP contribution is 2.31. The first-order valence-corrected chi connectivity index (χ1v) is 11.3. The van der Waals surface area contributed by atoms with Crippen LogP contribution in [0.5, 0.6) is 0 Å². The highest BCUT2D eigenvalue weighted by Gasteiger charge is 2.35. The van der Waals surface area contributed by atoms with Gasteiger partial charge in [-0.15, -0.1) is 0 Å². The summed E-state index contributed by atoms with van der Waals surface area (Å²) >= 11 is 0. The predicted molar refractivity (Wildman–Crippen MR) is 113 cm³/mol. The first kappa shape index (κ1) is 23.9. The fourth-order valence-corrected chi connectivity index (χ4v) is 4.52. The highest BCUT2D eigenvalue weighted by molar-refractivity contribution is 5.80. The summed E-state index contributed by atoms with van der Waals surface area (Å²) in [5.41, 5.74) is 0. The van der Waals surface area contributed by atoms with Crippen LogP contribution in [-0.4, -0.2) is 38.0 Å². The Morgan fingerprint density at radius 2 is 1.78 bits per heavy atom. The number of unbranched alkanes of at least 4 members (excludes halogenated alkanes) is 1. The minimum absolute atomic E-state index is 0.0342. The van der Waals surface area contributed by atoms with Crippen molar-refractivity contribution in [2.24, 2.45) is 11.8 Å². The minimum atomic E-state index is -0.132. The Labute approximate surface area is 166 Å². The summed E-state index contributed by atoms with van der Waals surface area (Å²) < 4.78 is 0. The first-order valence-electron chi connectivity index (χ1n) is 11.3. The maximum atomic E-state index is 13.3. The van der Waals surface area contributed by atoms with Gasteiger partial charge in [-0.05, 0) is 58.0 Å². The van der Waals surface area contributed by atoms with E-state index in [4.69, 9.17) is 0 Å². The normalized spacial score (nSPS) is 18.5. The molecule has 27 heavy (non-hydrogen) atoms. The topological polar surface area (TPSA) is 70.2 Å². The van der Waals surface area contributed by atoms with Gasteiger partial charge in [0, 0.05) is 12.1 Å². The maximum Gasteiger partial charge on any atom is 0.225 e. The molecule has 1 fully saturated rings. The molecule has 1 saturated carbocycles. The van der Waals surface area contributed by atoms with Crippen molar-refractivity contribution in [3.8, 4) is 0 Å². The maximum absolute atomic E-state index is 13.3. The van der Waals surface area contributed by atoms with Crippen molar-refractivity contribution < 1.29 is 9.59 Å². The highest BCUT2D eigenvalue weighted by atomic mass is 16.2. The van der Waals surface area contributed by atoms with Crippen LogP contribution in [0.25, 0.3) is 0 Å². The largest absolute Gasteiger partial charge is 0.355 e. The van der Waals surface area contributed by atoms with Gasteiger partial charge in [-0.1, -0.05) is 52.4 Å². The van der Waals surface area contributed by atoms with Crippen LogP contribution in [0.4, 0.5) is 0 Å². The molecule has 0 aliphatic heterocycles. The van der Waals surface area contributed by atoms with Crippen molar-refractivity contribution in [2.45, 2.75) is 103 Å². The summed E-state index contributed by atoms with van der Waals surface area (Å²) in [5, 5.41) is 9.57. The quantitative estimate of drug-likeness (QED) is 0.299. The first-order chi connectivity index (χ1) is 13.2. The van der Waals surface area contributed by atoms with E-state index in [0.717, 1.165) is 70.7 Å². The lowest BCUT2D eigenvalue weighted by molar-refractivity contribution is -0.128. The number of rotatable bonds is 15.